The summed E-state index contributed by atoms with van der Waals surface area (Å²) in [5, 5.41) is 17.0. The Morgan fingerprint density at radius 1 is 1.30 bits per heavy atom. The second-order valence-corrected chi connectivity index (χ2v) is 5.87. The molecule has 3 rings (SSSR count). The van der Waals surface area contributed by atoms with Crippen LogP contribution in [0, 0.1) is 11.7 Å². The van der Waals surface area contributed by atoms with Crippen LogP contribution >= 0.6 is 0 Å². The molecule has 0 radical (unpaired) electrons. The van der Waals surface area contributed by atoms with Crippen LogP contribution in [0.3, 0.4) is 0 Å². The van der Waals surface area contributed by atoms with Crippen molar-refractivity contribution in [2.24, 2.45) is 5.92 Å². The third-order valence-corrected chi connectivity index (χ3v) is 4.23. The first-order valence-corrected chi connectivity index (χ1v) is 7.90. The van der Waals surface area contributed by atoms with Crippen LogP contribution in [0.4, 0.5) is 4.39 Å². The molecule has 1 amide bonds. The minimum absolute atomic E-state index is 0.0760. The molecule has 2 atom stereocenters. The monoisotopic (exact) mass is 317 g/mol. The Hall–Kier alpha value is -2.21. The van der Waals surface area contributed by atoms with Gasteiger partial charge in [-0.2, -0.15) is 5.10 Å². The van der Waals surface area contributed by atoms with Gasteiger partial charge in [0.25, 0.3) is 0 Å². The van der Waals surface area contributed by atoms with E-state index in [2.05, 4.69) is 10.4 Å². The summed E-state index contributed by atoms with van der Waals surface area (Å²) in [6.07, 6.45) is 4.29. The van der Waals surface area contributed by atoms with Crippen molar-refractivity contribution in [3.05, 3.63) is 48.0 Å². The highest BCUT2D eigenvalue weighted by atomic mass is 19.1. The van der Waals surface area contributed by atoms with Crippen LogP contribution in [-0.4, -0.2) is 33.4 Å². The lowest BCUT2D eigenvalue weighted by molar-refractivity contribution is -0.127. The summed E-state index contributed by atoms with van der Waals surface area (Å²) in [7, 11) is 0. The molecule has 6 heteroatoms. The van der Waals surface area contributed by atoms with E-state index in [1.54, 1.807) is 16.8 Å². The average Bonchev–Trinajstić information content (AvgIpc) is 3.17. The Labute approximate surface area is 134 Å². The van der Waals surface area contributed by atoms with Crippen molar-refractivity contribution in [1.82, 2.24) is 15.1 Å². The van der Waals surface area contributed by atoms with Crippen LogP contribution in [0.1, 0.15) is 25.0 Å². The number of hydrogen-bond donors (Lipinski definition) is 2. The molecule has 0 aliphatic heterocycles. The van der Waals surface area contributed by atoms with Gasteiger partial charge in [0.05, 0.1) is 23.4 Å². The summed E-state index contributed by atoms with van der Waals surface area (Å²) in [5.74, 6) is -0.627. The van der Waals surface area contributed by atoms with E-state index in [9.17, 15) is 14.3 Å². The summed E-state index contributed by atoms with van der Waals surface area (Å²) in [6.45, 7) is 0.489. The van der Waals surface area contributed by atoms with Gasteiger partial charge >= 0.3 is 0 Å². The minimum Gasteiger partial charge on any atom is -0.392 e. The van der Waals surface area contributed by atoms with E-state index in [-0.39, 0.29) is 17.6 Å². The van der Waals surface area contributed by atoms with Crippen LogP contribution < -0.4 is 5.32 Å². The number of halogens is 1. The topological polar surface area (TPSA) is 67.2 Å². The number of carbonyl (C=O) groups is 1. The highest BCUT2D eigenvalue weighted by Gasteiger charge is 2.30. The molecule has 122 valence electrons. The maximum Gasteiger partial charge on any atom is 0.225 e. The van der Waals surface area contributed by atoms with E-state index < -0.39 is 6.10 Å². The number of aliphatic hydroxyl groups excluding tert-OH is 1. The number of nitrogens with one attached hydrogen (secondary N) is 1. The summed E-state index contributed by atoms with van der Waals surface area (Å²) < 4.78 is 14.6. The van der Waals surface area contributed by atoms with Crippen molar-refractivity contribution >= 4 is 5.91 Å². The zero-order chi connectivity index (χ0) is 16.2. The first-order valence-electron chi connectivity index (χ1n) is 7.90. The van der Waals surface area contributed by atoms with Gasteiger partial charge in [-0.3, -0.25) is 4.79 Å². The molecule has 0 spiro atoms. The molecule has 2 aromatic rings. The van der Waals surface area contributed by atoms with E-state index in [4.69, 9.17) is 0 Å². The minimum atomic E-state index is -0.507. The lowest BCUT2D eigenvalue weighted by Crippen LogP contribution is -2.35. The summed E-state index contributed by atoms with van der Waals surface area (Å²) in [6, 6.07) is 7.98. The molecule has 1 heterocycles. The number of aliphatic hydroxyl groups is 1. The van der Waals surface area contributed by atoms with Crippen molar-refractivity contribution in [3.8, 4) is 5.69 Å². The van der Waals surface area contributed by atoms with Crippen molar-refractivity contribution in [2.45, 2.75) is 31.8 Å². The van der Waals surface area contributed by atoms with E-state index >= 15 is 0 Å². The molecule has 0 bridgehead atoms. The maximum absolute atomic E-state index is 12.9. The van der Waals surface area contributed by atoms with Crippen molar-refractivity contribution in [1.29, 1.82) is 0 Å². The number of carbonyl (C=O) groups excluding carboxylic acids is 1. The predicted molar refractivity (Wildman–Crippen MR) is 83.6 cm³/mol. The number of nitrogens with zero attached hydrogens (tertiary/aromatic N) is 2. The fourth-order valence-electron chi connectivity index (χ4n) is 2.92. The highest BCUT2D eigenvalue weighted by Crippen LogP contribution is 2.25. The second-order valence-electron chi connectivity index (χ2n) is 5.87. The van der Waals surface area contributed by atoms with Gasteiger partial charge < -0.3 is 10.4 Å². The molecule has 1 aliphatic carbocycles. The van der Waals surface area contributed by atoms with Crippen LogP contribution in [-0.2, 0) is 11.2 Å². The van der Waals surface area contributed by atoms with Crippen LogP contribution in [0.15, 0.2) is 36.5 Å². The van der Waals surface area contributed by atoms with E-state index in [1.165, 1.54) is 12.1 Å². The van der Waals surface area contributed by atoms with Crippen molar-refractivity contribution in [2.75, 3.05) is 6.54 Å². The third-order valence-electron chi connectivity index (χ3n) is 4.23. The van der Waals surface area contributed by atoms with Crippen molar-refractivity contribution < 1.29 is 14.3 Å². The third kappa shape index (κ3) is 3.76. The molecule has 5 nitrogen and oxygen atoms in total. The lowest BCUT2D eigenvalue weighted by Gasteiger charge is -2.13. The molecule has 2 unspecified atom stereocenters. The molecule has 1 aliphatic rings. The maximum atomic E-state index is 12.9. The number of hydrogen-bond acceptors (Lipinski definition) is 3. The van der Waals surface area contributed by atoms with Crippen molar-refractivity contribution in [3.63, 3.8) is 0 Å². The van der Waals surface area contributed by atoms with Gasteiger partial charge in [0.15, 0.2) is 0 Å². The standard InChI is InChI=1S/C17H20FN3O2/c18-12-4-6-14(7-5-12)21-11-9-13(20-21)8-10-19-17(23)15-2-1-3-16(15)22/h4-7,9,11,15-16,22H,1-3,8,10H2,(H,19,23). The summed E-state index contributed by atoms with van der Waals surface area (Å²) in [5.41, 5.74) is 1.64. The molecule has 23 heavy (non-hydrogen) atoms. The Balaban J connectivity index is 1.51. The molecule has 1 fully saturated rings. The Morgan fingerprint density at radius 3 is 2.78 bits per heavy atom. The fourth-order valence-corrected chi connectivity index (χ4v) is 2.92. The first kappa shape index (κ1) is 15.7. The summed E-state index contributed by atoms with van der Waals surface area (Å²) in [4.78, 5) is 12.0. The zero-order valence-corrected chi connectivity index (χ0v) is 12.8. The average molecular weight is 317 g/mol. The predicted octanol–water partition coefficient (Wildman–Crippen LogP) is 1.83. The summed E-state index contributed by atoms with van der Waals surface area (Å²) >= 11 is 0. The lowest BCUT2D eigenvalue weighted by atomic mass is 10.1. The SMILES string of the molecule is O=C(NCCc1ccn(-c2ccc(F)cc2)n1)C1CCCC1O. The number of aromatic nitrogens is 2. The van der Waals surface area contributed by atoms with E-state index in [1.807, 2.05) is 12.3 Å². The smallest absolute Gasteiger partial charge is 0.225 e. The molecule has 2 N–H and O–H groups in total. The normalized spacial score (nSPS) is 20.6. The quantitative estimate of drug-likeness (QED) is 0.884. The highest BCUT2D eigenvalue weighted by molar-refractivity contribution is 5.79. The van der Waals surface area contributed by atoms with Gasteiger partial charge in [-0.05, 0) is 49.6 Å². The molecule has 1 aromatic heterocycles. The number of rotatable bonds is 5. The number of benzene rings is 1. The fraction of sp³-hybridized carbons (Fsp3) is 0.412. The largest absolute Gasteiger partial charge is 0.392 e. The van der Waals surface area contributed by atoms with Gasteiger partial charge in [0.1, 0.15) is 5.82 Å². The van der Waals surface area contributed by atoms with Crippen LogP contribution in [0.25, 0.3) is 5.69 Å². The second kappa shape index (κ2) is 6.91. The Bertz CT molecular complexity index is 669. The van der Waals surface area contributed by atoms with E-state index in [0.717, 1.165) is 24.2 Å². The van der Waals surface area contributed by atoms with Gasteiger partial charge in [-0.1, -0.05) is 0 Å². The Morgan fingerprint density at radius 2 is 2.09 bits per heavy atom. The van der Waals surface area contributed by atoms with Gasteiger partial charge in [-0.25, -0.2) is 9.07 Å². The molecular weight excluding hydrogens is 297 g/mol. The molecular formula is C17H20FN3O2. The molecule has 0 saturated heterocycles. The number of amides is 1. The van der Waals surface area contributed by atoms with Gasteiger partial charge in [-0.15, -0.1) is 0 Å². The van der Waals surface area contributed by atoms with E-state index in [0.29, 0.717) is 19.4 Å². The molecule has 1 saturated carbocycles. The van der Waals surface area contributed by atoms with Gasteiger partial charge in [0, 0.05) is 19.2 Å². The van der Waals surface area contributed by atoms with Gasteiger partial charge in [0.2, 0.25) is 5.91 Å². The van der Waals surface area contributed by atoms with Crippen LogP contribution in [0.2, 0.25) is 0 Å². The first-order chi connectivity index (χ1) is 11.1. The Kier molecular flexibility index (Phi) is 4.71. The van der Waals surface area contributed by atoms with Crippen LogP contribution in [0.5, 0.6) is 0 Å². The zero-order valence-electron chi connectivity index (χ0n) is 12.8. The molecule has 1 aromatic carbocycles.